The number of hydrogen-bond donors (Lipinski definition) is 2. The topological polar surface area (TPSA) is 61.2 Å². The molecule has 18 heavy (non-hydrogen) atoms. The van der Waals surface area contributed by atoms with Crippen molar-refractivity contribution in [2.24, 2.45) is 5.73 Å². The van der Waals surface area contributed by atoms with E-state index in [9.17, 15) is 0 Å². The summed E-state index contributed by atoms with van der Waals surface area (Å²) in [5, 5.41) is 0. The molecule has 0 aliphatic carbocycles. The molecule has 1 saturated heterocycles. The van der Waals surface area contributed by atoms with Gasteiger partial charge in [-0.3, -0.25) is 4.90 Å². The Labute approximate surface area is 113 Å². The molecular weight excluding hydrogens is 246 g/mol. The lowest BCUT2D eigenvalue weighted by Gasteiger charge is -2.38. The zero-order valence-corrected chi connectivity index (χ0v) is 11.8. The van der Waals surface area contributed by atoms with Gasteiger partial charge in [-0.2, -0.15) is 0 Å². The van der Waals surface area contributed by atoms with E-state index >= 15 is 0 Å². The van der Waals surface area contributed by atoms with Crippen LogP contribution in [0.2, 0.25) is 0 Å². The van der Waals surface area contributed by atoms with Crippen LogP contribution in [-0.4, -0.2) is 58.0 Å². The lowest BCUT2D eigenvalue weighted by molar-refractivity contribution is 0.129. The molecule has 2 heterocycles. The Morgan fingerprint density at radius 2 is 2.28 bits per heavy atom. The van der Waals surface area contributed by atoms with Gasteiger partial charge >= 0.3 is 0 Å². The van der Waals surface area contributed by atoms with Crippen LogP contribution in [0.5, 0.6) is 0 Å². The first-order valence-corrected chi connectivity index (χ1v) is 6.68. The van der Waals surface area contributed by atoms with Gasteiger partial charge in [0.15, 0.2) is 0 Å². The number of aromatic nitrogens is 2. The van der Waals surface area contributed by atoms with Crippen LogP contribution in [0.15, 0.2) is 12.5 Å². The van der Waals surface area contributed by atoms with Gasteiger partial charge in [0.25, 0.3) is 0 Å². The second kappa shape index (κ2) is 5.77. The summed E-state index contributed by atoms with van der Waals surface area (Å²) >= 11 is 5.21. The van der Waals surface area contributed by atoms with Crippen LogP contribution in [0.4, 0.5) is 0 Å². The van der Waals surface area contributed by atoms with Gasteiger partial charge in [-0.15, -0.1) is 0 Å². The van der Waals surface area contributed by atoms with Crippen LogP contribution in [0.25, 0.3) is 0 Å². The normalized spacial score (nSPS) is 20.2. The summed E-state index contributed by atoms with van der Waals surface area (Å²) in [5.41, 5.74) is 6.87. The summed E-state index contributed by atoms with van der Waals surface area (Å²) in [7, 11) is 4.26. The zero-order chi connectivity index (χ0) is 13.1. The second-order valence-electron chi connectivity index (χ2n) is 5.01. The molecule has 6 heteroatoms. The minimum atomic E-state index is -0.0455. The average Bonchev–Trinajstić information content (AvgIpc) is 2.83. The number of likely N-dealkylation sites (tertiary alicyclic amines) is 1. The van der Waals surface area contributed by atoms with Crippen molar-refractivity contribution >= 4 is 17.2 Å². The van der Waals surface area contributed by atoms with Crippen LogP contribution in [0, 0.1) is 0 Å². The molecule has 1 atom stereocenters. The van der Waals surface area contributed by atoms with Crippen molar-refractivity contribution in [1.82, 2.24) is 19.8 Å². The van der Waals surface area contributed by atoms with Crippen LogP contribution in [0.1, 0.15) is 24.6 Å². The van der Waals surface area contributed by atoms with Gasteiger partial charge < -0.3 is 15.6 Å². The molecule has 1 aromatic rings. The highest BCUT2D eigenvalue weighted by atomic mass is 32.1. The Hall–Kier alpha value is -0.980. The van der Waals surface area contributed by atoms with Gasteiger partial charge in [0.1, 0.15) is 6.04 Å². The molecule has 1 aromatic heterocycles. The van der Waals surface area contributed by atoms with Crippen LogP contribution >= 0.6 is 12.2 Å². The molecule has 5 nitrogen and oxygen atoms in total. The molecule has 0 spiro atoms. The number of H-pyrrole nitrogens is 1. The molecule has 100 valence electrons. The van der Waals surface area contributed by atoms with Crippen molar-refractivity contribution in [2.45, 2.75) is 24.9 Å². The summed E-state index contributed by atoms with van der Waals surface area (Å²) in [5.74, 6) is 0. The van der Waals surface area contributed by atoms with E-state index in [1.807, 2.05) is 0 Å². The van der Waals surface area contributed by atoms with E-state index in [1.54, 1.807) is 12.5 Å². The largest absolute Gasteiger partial charge is 0.392 e. The predicted molar refractivity (Wildman–Crippen MR) is 76.4 cm³/mol. The molecule has 0 radical (unpaired) electrons. The third-order valence-corrected chi connectivity index (χ3v) is 3.98. The summed E-state index contributed by atoms with van der Waals surface area (Å²) in [4.78, 5) is 12.3. The fourth-order valence-electron chi connectivity index (χ4n) is 2.60. The molecule has 1 aliphatic rings. The van der Waals surface area contributed by atoms with Gasteiger partial charge in [-0.05, 0) is 40.0 Å². The van der Waals surface area contributed by atoms with Crippen molar-refractivity contribution in [1.29, 1.82) is 0 Å². The monoisotopic (exact) mass is 267 g/mol. The Balaban J connectivity index is 2.09. The molecule has 0 aromatic carbocycles. The third-order valence-electron chi connectivity index (χ3n) is 3.75. The zero-order valence-electron chi connectivity index (χ0n) is 11.0. The van der Waals surface area contributed by atoms with E-state index in [1.165, 1.54) is 0 Å². The van der Waals surface area contributed by atoms with Gasteiger partial charge in [0, 0.05) is 12.2 Å². The fourth-order valence-corrected chi connectivity index (χ4v) is 2.90. The van der Waals surface area contributed by atoms with Crippen molar-refractivity contribution in [3.63, 3.8) is 0 Å². The Morgan fingerprint density at radius 3 is 2.78 bits per heavy atom. The van der Waals surface area contributed by atoms with Crippen molar-refractivity contribution in [2.75, 3.05) is 27.2 Å². The smallest absolute Gasteiger partial charge is 0.102 e. The van der Waals surface area contributed by atoms with Gasteiger partial charge in [-0.1, -0.05) is 12.2 Å². The van der Waals surface area contributed by atoms with E-state index in [-0.39, 0.29) is 6.04 Å². The minimum absolute atomic E-state index is 0.0455. The number of nitrogens with two attached hydrogens (primary N) is 1. The lowest BCUT2D eigenvalue weighted by Crippen LogP contribution is -2.46. The van der Waals surface area contributed by atoms with Crippen molar-refractivity contribution in [3.05, 3.63) is 18.2 Å². The molecule has 1 unspecified atom stereocenters. The molecule has 0 saturated carbocycles. The molecule has 1 aliphatic heterocycles. The van der Waals surface area contributed by atoms with Crippen molar-refractivity contribution in [3.8, 4) is 0 Å². The average molecular weight is 267 g/mol. The SMILES string of the molecule is CN1CCC(N(C)C(C(N)=S)c2cnc[nH]2)CC1. The number of rotatable bonds is 4. The number of imidazole rings is 1. The first-order chi connectivity index (χ1) is 8.59. The summed E-state index contributed by atoms with van der Waals surface area (Å²) in [6.45, 7) is 2.25. The van der Waals surface area contributed by atoms with Gasteiger partial charge in [0.2, 0.25) is 0 Å². The maximum Gasteiger partial charge on any atom is 0.102 e. The standard InChI is InChI=1S/C12H21N5S/c1-16-5-3-9(4-6-16)17(2)11(12(13)18)10-7-14-8-15-10/h7-9,11H,3-6H2,1-2H3,(H2,13,18)(H,14,15). The fraction of sp³-hybridized carbons (Fsp3) is 0.667. The molecule has 0 amide bonds. The number of thiocarbonyl (C=S) groups is 1. The lowest BCUT2D eigenvalue weighted by atomic mass is 10.0. The number of hydrogen-bond acceptors (Lipinski definition) is 4. The number of aromatic amines is 1. The van der Waals surface area contributed by atoms with Crippen molar-refractivity contribution < 1.29 is 0 Å². The summed E-state index contributed by atoms with van der Waals surface area (Å²) in [6.07, 6.45) is 5.78. The van der Waals surface area contributed by atoms with Gasteiger partial charge in [0.05, 0.1) is 17.0 Å². The Kier molecular flexibility index (Phi) is 4.31. The Morgan fingerprint density at radius 1 is 1.61 bits per heavy atom. The number of nitrogens with one attached hydrogen (secondary N) is 1. The van der Waals surface area contributed by atoms with E-state index < -0.39 is 0 Å². The third kappa shape index (κ3) is 2.88. The summed E-state index contributed by atoms with van der Waals surface area (Å²) in [6, 6.07) is 0.479. The first-order valence-electron chi connectivity index (χ1n) is 6.27. The molecule has 0 bridgehead atoms. The van der Waals surface area contributed by atoms with Crippen LogP contribution in [0.3, 0.4) is 0 Å². The van der Waals surface area contributed by atoms with E-state index in [0.29, 0.717) is 11.0 Å². The maximum absolute atomic E-state index is 5.89. The number of likely N-dealkylation sites (N-methyl/N-ethyl adjacent to an activating group) is 1. The highest BCUT2D eigenvalue weighted by Crippen LogP contribution is 2.24. The maximum atomic E-state index is 5.89. The number of piperidine rings is 1. The highest BCUT2D eigenvalue weighted by Gasteiger charge is 2.29. The molecular formula is C12H21N5S. The number of nitrogens with zero attached hydrogens (tertiary/aromatic N) is 3. The summed E-state index contributed by atoms with van der Waals surface area (Å²) < 4.78 is 0. The van der Waals surface area contributed by atoms with E-state index in [4.69, 9.17) is 18.0 Å². The van der Waals surface area contributed by atoms with E-state index in [0.717, 1.165) is 31.6 Å². The molecule has 2 rings (SSSR count). The predicted octanol–water partition coefficient (Wildman–Crippen LogP) is 0.763. The second-order valence-corrected chi connectivity index (χ2v) is 5.48. The van der Waals surface area contributed by atoms with Gasteiger partial charge in [-0.25, -0.2) is 4.98 Å². The van der Waals surface area contributed by atoms with E-state index in [2.05, 4.69) is 33.9 Å². The Bertz CT molecular complexity index is 383. The quantitative estimate of drug-likeness (QED) is 0.789. The first kappa shape index (κ1) is 13.5. The minimum Gasteiger partial charge on any atom is -0.392 e. The van der Waals surface area contributed by atoms with Crippen LogP contribution in [-0.2, 0) is 0 Å². The molecule has 3 N–H and O–H groups in total. The molecule has 1 fully saturated rings. The highest BCUT2D eigenvalue weighted by molar-refractivity contribution is 7.80. The van der Waals surface area contributed by atoms with Crippen LogP contribution < -0.4 is 5.73 Å².